The summed E-state index contributed by atoms with van der Waals surface area (Å²) in [6.07, 6.45) is 3.39. The Balaban J connectivity index is 2.39. The normalized spacial score (nSPS) is 12.4. The fraction of sp³-hybridized carbons (Fsp3) is 0.167. The molecule has 0 saturated carbocycles. The van der Waals surface area contributed by atoms with Gasteiger partial charge in [0.05, 0.1) is 16.0 Å². The van der Waals surface area contributed by atoms with Crippen molar-refractivity contribution in [2.24, 2.45) is 5.73 Å². The Kier molecular flexibility index (Phi) is 3.94. The maximum atomic E-state index is 5.99. The predicted molar refractivity (Wildman–Crippen MR) is 69.4 cm³/mol. The Morgan fingerprint density at radius 1 is 1.12 bits per heavy atom. The monoisotopic (exact) mass is 267 g/mol. The molecule has 1 atom stereocenters. The summed E-state index contributed by atoms with van der Waals surface area (Å²) in [5.41, 5.74) is 6.73. The molecule has 1 aromatic heterocycles. The molecule has 88 valence electrons. The van der Waals surface area contributed by atoms with Gasteiger partial charge in [0.25, 0.3) is 0 Å². The van der Waals surface area contributed by atoms with Gasteiger partial charge in [-0.05, 0) is 23.8 Å². The lowest BCUT2D eigenvalue weighted by Gasteiger charge is -2.14. The number of rotatable bonds is 3. The van der Waals surface area contributed by atoms with E-state index in [2.05, 4.69) is 9.97 Å². The second-order valence-corrected chi connectivity index (χ2v) is 4.38. The molecule has 0 aliphatic rings. The van der Waals surface area contributed by atoms with Gasteiger partial charge in [-0.15, -0.1) is 0 Å². The van der Waals surface area contributed by atoms with E-state index in [-0.39, 0.29) is 5.92 Å². The van der Waals surface area contributed by atoms with Crippen LogP contribution in [0.5, 0.6) is 0 Å². The lowest BCUT2D eigenvalue weighted by Crippen LogP contribution is -2.16. The van der Waals surface area contributed by atoms with Crippen LogP contribution in [0.3, 0.4) is 0 Å². The Labute approximate surface area is 110 Å². The maximum Gasteiger partial charge on any atom is 0.136 e. The van der Waals surface area contributed by atoms with E-state index in [9.17, 15) is 0 Å². The van der Waals surface area contributed by atoms with Crippen molar-refractivity contribution in [2.45, 2.75) is 5.92 Å². The predicted octanol–water partition coefficient (Wildman–Crippen LogP) is 2.87. The minimum atomic E-state index is -0.0639. The Hall–Kier alpha value is -1.16. The standard InChI is InChI=1S/C12H11Cl2N3/c13-10-3-2-8(6-11(10)14)9(7-15)12-16-4-1-5-17-12/h1-6,9H,7,15H2. The molecule has 0 radical (unpaired) electrons. The first-order valence-electron chi connectivity index (χ1n) is 5.14. The zero-order valence-electron chi connectivity index (χ0n) is 8.98. The van der Waals surface area contributed by atoms with Gasteiger partial charge in [0, 0.05) is 18.9 Å². The van der Waals surface area contributed by atoms with Crippen LogP contribution in [0, 0.1) is 0 Å². The molecule has 0 saturated heterocycles. The van der Waals surface area contributed by atoms with E-state index in [0.717, 1.165) is 5.56 Å². The van der Waals surface area contributed by atoms with E-state index in [1.54, 1.807) is 30.6 Å². The fourth-order valence-electron chi connectivity index (χ4n) is 1.61. The zero-order valence-corrected chi connectivity index (χ0v) is 10.5. The van der Waals surface area contributed by atoms with Gasteiger partial charge in [-0.2, -0.15) is 0 Å². The van der Waals surface area contributed by atoms with Crippen LogP contribution in [0.25, 0.3) is 0 Å². The summed E-state index contributed by atoms with van der Waals surface area (Å²) in [5, 5.41) is 1.04. The number of aromatic nitrogens is 2. The van der Waals surface area contributed by atoms with Crippen LogP contribution >= 0.6 is 23.2 Å². The second kappa shape index (κ2) is 5.45. The number of benzene rings is 1. The summed E-state index contributed by atoms with van der Waals surface area (Å²) < 4.78 is 0. The third-order valence-corrected chi connectivity index (χ3v) is 3.22. The first kappa shape index (κ1) is 12.3. The third-order valence-electron chi connectivity index (χ3n) is 2.48. The summed E-state index contributed by atoms with van der Waals surface area (Å²) in [5.74, 6) is 0.624. The van der Waals surface area contributed by atoms with Gasteiger partial charge in [-0.3, -0.25) is 0 Å². The average molecular weight is 268 g/mol. The first-order chi connectivity index (χ1) is 8.22. The average Bonchev–Trinajstić information content (AvgIpc) is 2.36. The summed E-state index contributed by atoms with van der Waals surface area (Å²) in [4.78, 5) is 8.42. The summed E-state index contributed by atoms with van der Waals surface area (Å²) in [6.45, 7) is 0.419. The van der Waals surface area contributed by atoms with Gasteiger partial charge in [-0.25, -0.2) is 9.97 Å². The molecule has 1 unspecified atom stereocenters. The van der Waals surface area contributed by atoms with Crippen LogP contribution in [0.15, 0.2) is 36.7 Å². The minimum absolute atomic E-state index is 0.0639. The maximum absolute atomic E-state index is 5.99. The topological polar surface area (TPSA) is 51.8 Å². The van der Waals surface area contributed by atoms with Gasteiger partial charge in [0.15, 0.2) is 0 Å². The molecular formula is C12H11Cl2N3. The van der Waals surface area contributed by atoms with Gasteiger partial charge >= 0.3 is 0 Å². The van der Waals surface area contributed by atoms with E-state index in [1.807, 2.05) is 6.07 Å². The second-order valence-electron chi connectivity index (χ2n) is 3.57. The largest absolute Gasteiger partial charge is 0.329 e. The van der Waals surface area contributed by atoms with Gasteiger partial charge in [0.1, 0.15) is 5.82 Å². The molecule has 0 aliphatic heterocycles. The molecular weight excluding hydrogens is 257 g/mol. The van der Waals surface area contributed by atoms with Gasteiger partial charge in [0.2, 0.25) is 0 Å². The van der Waals surface area contributed by atoms with E-state index < -0.39 is 0 Å². The Morgan fingerprint density at radius 2 is 1.82 bits per heavy atom. The van der Waals surface area contributed by atoms with Crippen LogP contribution in [-0.4, -0.2) is 16.5 Å². The van der Waals surface area contributed by atoms with Crippen LogP contribution < -0.4 is 5.73 Å². The molecule has 2 aromatic rings. The highest BCUT2D eigenvalue weighted by atomic mass is 35.5. The fourth-order valence-corrected chi connectivity index (χ4v) is 1.92. The van der Waals surface area contributed by atoms with Gasteiger partial charge in [-0.1, -0.05) is 29.3 Å². The van der Waals surface area contributed by atoms with Crippen molar-refractivity contribution in [3.63, 3.8) is 0 Å². The number of nitrogens with two attached hydrogens (primary N) is 1. The van der Waals surface area contributed by atoms with E-state index >= 15 is 0 Å². The summed E-state index contributed by atoms with van der Waals surface area (Å²) in [7, 11) is 0. The number of hydrogen-bond acceptors (Lipinski definition) is 3. The lowest BCUT2D eigenvalue weighted by molar-refractivity contribution is 0.749. The van der Waals surface area contributed by atoms with E-state index in [1.165, 1.54) is 0 Å². The number of halogens is 2. The lowest BCUT2D eigenvalue weighted by atomic mass is 9.98. The highest BCUT2D eigenvalue weighted by molar-refractivity contribution is 6.42. The SMILES string of the molecule is NCC(c1ccc(Cl)c(Cl)c1)c1ncccn1. The molecule has 0 amide bonds. The van der Waals surface area contributed by atoms with Crippen molar-refractivity contribution in [1.82, 2.24) is 9.97 Å². The minimum Gasteiger partial charge on any atom is -0.329 e. The molecule has 0 aliphatic carbocycles. The van der Waals surface area contributed by atoms with Crippen molar-refractivity contribution in [2.75, 3.05) is 6.54 Å². The van der Waals surface area contributed by atoms with Crippen molar-refractivity contribution in [1.29, 1.82) is 0 Å². The molecule has 0 spiro atoms. The van der Waals surface area contributed by atoms with Crippen LogP contribution in [0.1, 0.15) is 17.3 Å². The molecule has 3 nitrogen and oxygen atoms in total. The molecule has 0 fully saturated rings. The molecule has 0 bridgehead atoms. The quantitative estimate of drug-likeness (QED) is 0.931. The first-order valence-corrected chi connectivity index (χ1v) is 5.90. The van der Waals surface area contributed by atoms with Gasteiger partial charge < -0.3 is 5.73 Å². The summed E-state index contributed by atoms with van der Waals surface area (Å²) in [6, 6.07) is 7.22. The van der Waals surface area contributed by atoms with Crippen molar-refractivity contribution < 1.29 is 0 Å². The van der Waals surface area contributed by atoms with Crippen molar-refractivity contribution >= 4 is 23.2 Å². The third kappa shape index (κ3) is 2.75. The van der Waals surface area contributed by atoms with Crippen molar-refractivity contribution in [3.05, 3.63) is 58.1 Å². The molecule has 17 heavy (non-hydrogen) atoms. The van der Waals surface area contributed by atoms with Crippen LogP contribution in [-0.2, 0) is 0 Å². The Bertz CT molecular complexity index is 502. The molecule has 2 N–H and O–H groups in total. The smallest absolute Gasteiger partial charge is 0.136 e. The van der Waals surface area contributed by atoms with Crippen LogP contribution in [0.4, 0.5) is 0 Å². The van der Waals surface area contributed by atoms with E-state index in [0.29, 0.717) is 22.4 Å². The number of hydrogen-bond donors (Lipinski definition) is 1. The molecule has 2 rings (SSSR count). The zero-order chi connectivity index (χ0) is 12.3. The summed E-state index contributed by atoms with van der Waals surface area (Å²) >= 11 is 11.9. The molecule has 1 aromatic carbocycles. The number of nitrogens with zero attached hydrogens (tertiary/aromatic N) is 2. The van der Waals surface area contributed by atoms with Crippen LogP contribution in [0.2, 0.25) is 10.0 Å². The highest BCUT2D eigenvalue weighted by Gasteiger charge is 2.15. The molecule has 5 heteroatoms. The van der Waals surface area contributed by atoms with Crippen molar-refractivity contribution in [3.8, 4) is 0 Å². The highest BCUT2D eigenvalue weighted by Crippen LogP contribution is 2.28. The molecule has 1 heterocycles. The Morgan fingerprint density at radius 3 is 2.41 bits per heavy atom. The van der Waals surface area contributed by atoms with E-state index in [4.69, 9.17) is 28.9 Å².